The van der Waals surface area contributed by atoms with Crippen molar-refractivity contribution >= 4 is 21.7 Å². The average molecular weight is 388 g/mol. The molecule has 1 aromatic carbocycles. The molecule has 1 aliphatic heterocycles. The van der Waals surface area contributed by atoms with Gasteiger partial charge in [-0.25, -0.2) is 18.4 Å². The van der Waals surface area contributed by atoms with E-state index in [9.17, 15) is 18.0 Å². The molecule has 1 aliphatic rings. The molecule has 3 rings (SSSR count). The first-order valence-corrected chi connectivity index (χ1v) is 10.4. The standard InChI is InChI=1S/C18H20N4O4S/c1-27(25,26)16-5-3-14(4-6-16)17(23)21-7-2-8-22(10-9-21)18(24)15-11-19-13-20-12-15/h3-6,11-13H,2,7-10H2,1H3. The summed E-state index contributed by atoms with van der Waals surface area (Å²) in [5.74, 6) is -0.324. The van der Waals surface area contributed by atoms with E-state index >= 15 is 0 Å². The van der Waals surface area contributed by atoms with Crippen molar-refractivity contribution in [2.45, 2.75) is 11.3 Å². The number of amides is 2. The van der Waals surface area contributed by atoms with Gasteiger partial charge < -0.3 is 9.80 Å². The van der Waals surface area contributed by atoms with Gasteiger partial charge in [0.2, 0.25) is 0 Å². The fraction of sp³-hybridized carbons (Fsp3) is 0.333. The lowest BCUT2D eigenvalue weighted by Crippen LogP contribution is -2.37. The molecule has 0 aliphatic carbocycles. The number of carbonyl (C=O) groups is 2. The molecule has 27 heavy (non-hydrogen) atoms. The molecule has 0 unspecified atom stereocenters. The molecule has 8 nitrogen and oxygen atoms in total. The second-order valence-electron chi connectivity index (χ2n) is 6.36. The Morgan fingerprint density at radius 2 is 1.37 bits per heavy atom. The molecule has 2 aromatic rings. The Morgan fingerprint density at radius 1 is 0.852 bits per heavy atom. The molecule has 0 saturated carbocycles. The number of aromatic nitrogens is 2. The number of hydrogen-bond donors (Lipinski definition) is 0. The van der Waals surface area contributed by atoms with Gasteiger partial charge >= 0.3 is 0 Å². The van der Waals surface area contributed by atoms with Crippen molar-refractivity contribution in [2.24, 2.45) is 0 Å². The highest BCUT2D eigenvalue weighted by molar-refractivity contribution is 7.90. The van der Waals surface area contributed by atoms with Crippen molar-refractivity contribution in [3.05, 3.63) is 54.1 Å². The zero-order valence-corrected chi connectivity index (χ0v) is 15.7. The maximum Gasteiger partial charge on any atom is 0.257 e. The Balaban J connectivity index is 1.67. The molecule has 1 aromatic heterocycles. The van der Waals surface area contributed by atoms with E-state index in [1.807, 2.05) is 0 Å². The van der Waals surface area contributed by atoms with Crippen LogP contribution in [0.5, 0.6) is 0 Å². The zero-order valence-electron chi connectivity index (χ0n) is 14.9. The SMILES string of the molecule is CS(=O)(=O)c1ccc(C(=O)N2CCCN(C(=O)c3cncnc3)CC2)cc1. The molecular weight excluding hydrogens is 368 g/mol. The molecule has 9 heteroatoms. The number of nitrogens with zero attached hydrogens (tertiary/aromatic N) is 4. The lowest BCUT2D eigenvalue weighted by atomic mass is 10.2. The van der Waals surface area contributed by atoms with Crippen LogP contribution in [-0.4, -0.2) is 72.4 Å². The van der Waals surface area contributed by atoms with E-state index in [0.29, 0.717) is 43.7 Å². The molecular formula is C18H20N4O4S. The Kier molecular flexibility index (Phi) is 5.50. The summed E-state index contributed by atoms with van der Waals surface area (Å²) < 4.78 is 23.1. The quantitative estimate of drug-likeness (QED) is 0.773. The number of hydrogen-bond acceptors (Lipinski definition) is 6. The van der Waals surface area contributed by atoms with E-state index in [1.165, 1.54) is 43.0 Å². The summed E-state index contributed by atoms with van der Waals surface area (Å²) in [6, 6.07) is 5.92. The number of rotatable bonds is 3. The fourth-order valence-corrected chi connectivity index (χ4v) is 3.57. The minimum Gasteiger partial charge on any atom is -0.337 e. The molecule has 0 N–H and O–H groups in total. The van der Waals surface area contributed by atoms with Gasteiger partial charge in [-0.05, 0) is 30.7 Å². The van der Waals surface area contributed by atoms with Crippen LogP contribution in [0, 0.1) is 0 Å². The second-order valence-corrected chi connectivity index (χ2v) is 8.38. The van der Waals surface area contributed by atoms with Gasteiger partial charge in [0.25, 0.3) is 11.8 Å². The van der Waals surface area contributed by atoms with E-state index in [4.69, 9.17) is 0 Å². The summed E-state index contributed by atoms with van der Waals surface area (Å²) in [6.07, 6.45) is 6.11. The molecule has 0 atom stereocenters. The fourth-order valence-electron chi connectivity index (χ4n) is 2.94. The van der Waals surface area contributed by atoms with Crippen molar-refractivity contribution in [1.82, 2.24) is 19.8 Å². The predicted molar refractivity (Wildman–Crippen MR) is 98.0 cm³/mol. The highest BCUT2D eigenvalue weighted by Crippen LogP contribution is 2.14. The van der Waals surface area contributed by atoms with Gasteiger partial charge in [-0.3, -0.25) is 9.59 Å². The highest BCUT2D eigenvalue weighted by Gasteiger charge is 2.24. The molecule has 2 amide bonds. The summed E-state index contributed by atoms with van der Waals surface area (Å²) in [6.45, 7) is 1.90. The first-order valence-electron chi connectivity index (χ1n) is 8.50. The zero-order chi connectivity index (χ0) is 19.4. The summed E-state index contributed by atoms with van der Waals surface area (Å²) in [7, 11) is -3.30. The third kappa shape index (κ3) is 4.48. The van der Waals surface area contributed by atoms with Crippen LogP contribution < -0.4 is 0 Å². The van der Waals surface area contributed by atoms with Gasteiger partial charge in [0, 0.05) is 50.4 Å². The number of benzene rings is 1. The minimum absolute atomic E-state index is 0.151. The van der Waals surface area contributed by atoms with E-state index < -0.39 is 9.84 Å². The van der Waals surface area contributed by atoms with Crippen molar-refractivity contribution in [2.75, 3.05) is 32.4 Å². The third-order valence-corrected chi connectivity index (χ3v) is 5.54. The normalized spacial score (nSPS) is 15.3. The number of carbonyl (C=O) groups excluding carboxylic acids is 2. The largest absolute Gasteiger partial charge is 0.337 e. The molecule has 0 spiro atoms. The third-order valence-electron chi connectivity index (χ3n) is 4.41. The Labute approximate surface area is 157 Å². The van der Waals surface area contributed by atoms with Crippen LogP contribution in [0.15, 0.2) is 47.9 Å². The van der Waals surface area contributed by atoms with Gasteiger partial charge in [-0.1, -0.05) is 0 Å². The molecule has 0 bridgehead atoms. The van der Waals surface area contributed by atoms with Gasteiger partial charge in [0.1, 0.15) is 6.33 Å². The lowest BCUT2D eigenvalue weighted by molar-refractivity contribution is 0.0718. The summed E-state index contributed by atoms with van der Waals surface area (Å²) in [4.78, 5) is 36.5. The van der Waals surface area contributed by atoms with Crippen LogP contribution >= 0.6 is 0 Å². The van der Waals surface area contributed by atoms with Crippen LogP contribution in [0.3, 0.4) is 0 Å². The van der Waals surface area contributed by atoms with E-state index in [1.54, 1.807) is 9.80 Å². The topological polar surface area (TPSA) is 101 Å². The first kappa shape index (κ1) is 19.0. The smallest absolute Gasteiger partial charge is 0.257 e. The predicted octanol–water partition coefficient (Wildman–Crippen LogP) is 0.868. The maximum absolute atomic E-state index is 12.7. The molecule has 0 radical (unpaired) electrons. The highest BCUT2D eigenvalue weighted by atomic mass is 32.2. The summed E-state index contributed by atoms with van der Waals surface area (Å²) in [5, 5.41) is 0. The maximum atomic E-state index is 12.7. The van der Waals surface area contributed by atoms with Gasteiger partial charge in [0.15, 0.2) is 9.84 Å². The van der Waals surface area contributed by atoms with Crippen LogP contribution in [0.2, 0.25) is 0 Å². The van der Waals surface area contributed by atoms with E-state index in [0.717, 1.165) is 6.26 Å². The molecule has 2 heterocycles. The average Bonchev–Trinajstić information content (AvgIpc) is 2.93. The number of sulfone groups is 1. The molecule has 1 fully saturated rings. The van der Waals surface area contributed by atoms with Crippen LogP contribution in [0.4, 0.5) is 0 Å². The van der Waals surface area contributed by atoms with Crippen LogP contribution in [0.25, 0.3) is 0 Å². The Bertz CT molecular complexity index is 930. The van der Waals surface area contributed by atoms with Crippen molar-refractivity contribution in [1.29, 1.82) is 0 Å². The second kappa shape index (κ2) is 7.83. The van der Waals surface area contributed by atoms with Gasteiger partial charge in [-0.2, -0.15) is 0 Å². The first-order chi connectivity index (χ1) is 12.9. The monoisotopic (exact) mass is 388 g/mol. The van der Waals surface area contributed by atoms with Gasteiger partial charge in [0.05, 0.1) is 10.5 Å². The molecule has 1 saturated heterocycles. The van der Waals surface area contributed by atoms with Crippen LogP contribution in [-0.2, 0) is 9.84 Å². The van der Waals surface area contributed by atoms with Gasteiger partial charge in [-0.15, -0.1) is 0 Å². The lowest BCUT2D eigenvalue weighted by Gasteiger charge is -2.22. The summed E-state index contributed by atoms with van der Waals surface area (Å²) in [5.41, 5.74) is 0.854. The molecule has 142 valence electrons. The summed E-state index contributed by atoms with van der Waals surface area (Å²) >= 11 is 0. The Hall–Kier alpha value is -2.81. The van der Waals surface area contributed by atoms with Crippen molar-refractivity contribution in [3.8, 4) is 0 Å². The van der Waals surface area contributed by atoms with E-state index in [-0.39, 0.29) is 16.7 Å². The minimum atomic E-state index is -3.30. The van der Waals surface area contributed by atoms with Crippen molar-refractivity contribution in [3.63, 3.8) is 0 Å². The van der Waals surface area contributed by atoms with Crippen LogP contribution in [0.1, 0.15) is 27.1 Å². The van der Waals surface area contributed by atoms with Crippen molar-refractivity contribution < 1.29 is 18.0 Å². The van der Waals surface area contributed by atoms with E-state index in [2.05, 4.69) is 9.97 Å². The Morgan fingerprint density at radius 3 is 1.89 bits per heavy atom.